The summed E-state index contributed by atoms with van der Waals surface area (Å²) in [5.41, 5.74) is 1.80. The van der Waals surface area contributed by atoms with Gasteiger partial charge in [0.25, 0.3) is 0 Å². The molecule has 0 amide bonds. The highest BCUT2D eigenvalue weighted by Crippen LogP contribution is 2.40. The molecular weight excluding hydrogens is 254 g/mol. The van der Waals surface area contributed by atoms with Crippen LogP contribution < -0.4 is 10.1 Å². The lowest BCUT2D eigenvalue weighted by Gasteiger charge is -2.21. The SMILES string of the molecule is CCNC(C(=O)OCC)c1cccc2c1OC(C)(C)C2. The van der Waals surface area contributed by atoms with Gasteiger partial charge in [0.2, 0.25) is 0 Å². The maximum absolute atomic E-state index is 12.2. The van der Waals surface area contributed by atoms with Gasteiger partial charge in [-0.3, -0.25) is 0 Å². The minimum absolute atomic E-state index is 0.218. The summed E-state index contributed by atoms with van der Waals surface area (Å²) in [7, 11) is 0. The van der Waals surface area contributed by atoms with E-state index in [-0.39, 0.29) is 11.6 Å². The van der Waals surface area contributed by atoms with E-state index >= 15 is 0 Å². The summed E-state index contributed by atoms with van der Waals surface area (Å²) >= 11 is 0. The number of likely N-dealkylation sites (N-methyl/N-ethyl adjacent to an activating group) is 1. The summed E-state index contributed by atoms with van der Waals surface area (Å²) in [6.45, 7) is 8.97. The lowest BCUT2D eigenvalue weighted by Crippen LogP contribution is -2.31. The number of fused-ring (bicyclic) bond motifs is 1. The van der Waals surface area contributed by atoms with Crippen molar-refractivity contribution in [2.75, 3.05) is 13.2 Å². The average Bonchev–Trinajstić information content (AvgIpc) is 2.70. The van der Waals surface area contributed by atoms with Gasteiger partial charge < -0.3 is 14.8 Å². The molecule has 1 aliphatic rings. The van der Waals surface area contributed by atoms with Crippen molar-refractivity contribution in [3.63, 3.8) is 0 Å². The molecule has 1 N–H and O–H groups in total. The quantitative estimate of drug-likeness (QED) is 0.840. The van der Waals surface area contributed by atoms with Crippen molar-refractivity contribution >= 4 is 5.97 Å². The lowest BCUT2D eigenvalue weighted by atomic mass is 9.98. The van der Waals surface area contributed by atoms with Crippen molar-refractivity contribution in [2.24, 2.45) is 0 Å². The van der Waals surface area contributed by atoms with Gasteiger partial charge in [-0.15, -0.1) is 0 Å². The Morgan fingerprint density at radius 1 is 1.45 bits per heavy atom. The monoisotopic (exact) mass is 277 g/mol. The minimum Gasteiger partial charge on any atom is -0.487 e. The van der Waals surface area contributed by atoms with Gasteiger partial charge >= 0.3 is 5.97 Å². The Balaban J connectivity index is 2.36. The van der Waals surface area contributed by atoms with Crippen LogP contribution in [0.3, 0.4) is 0 Å². The molecule has 2 rings (SSSR count). The molecule has 0 aromatic heterocycles. The van der Waals surface area contributed by atoms with E-state index < -0.39 is 6.04 Å². The Morgan fingerprint density at radius 2 is 2.20 bits per heavy atom. The van der Waals surface area contributed by atoms with Crippen molar-refractivity contribution in [3.05, 3.63) is 29.3 Å². The molecule has 1 aromatic carbocycles. The Hall–Kier alpha value is -1.55. The molecule has 1 aromatic rings. The van der Waals surface area contributed by atoms with Gasteiger partial charge in [-0.05, 0) is 32.9 Å². The van der Waals surface area contributed by atoms with Gasteiger partial charge in [-0.25, -0.2) is 4.79 Å². The van der Waals surface area contributed by atoms with Gasteiger partial charge in [0.1, 0.15) is 17.4 Å². The second-order valence-electron chi connectivity index (χ2n) is 5.62. The second kappa shape index (κ2) is 5.83. The van der Waals surface area contributed by atoms with Crippen molar-refractivity contribution in [2.45, 2.75) is 45.8 Å². The lowest BCUT2D eigenvalue weighted by molar-refractivity contribution is -0.145. The Kier molecular flexibility index (Phi) is 4.33. The van der Waals surface area contributed by atoms with Crippen LogP contribution in [-0.2, 0) is 16.0 Å². The van der Waals surface area contributed by atoms with Gasteiger partial charge in [-0.1, -0.05) is 25.1 Å². The molecule has 110 valence electrons. The summed E-state index contributed by atoms with van der Waals surface area (Å²) in [6.07, 6.45) is 0.859. The molecule has 1 unspecified atom stereocenters. The molecule has 0 saturated heterocycles. The molecule has 1 atom stereocenters. The fourth-order valence-corrected chi connectivity index (χ4v) is 2.62. The van der Waals surface area contributed by atoms with Crippen LogP contribution in [0.25, 0.3) is 0 Å². The minimum atomic E-state index is -0.469. The molecule has 1 aliphatic heterocycles. The number of para-hydroxylation sites is 1. The molecule has 0 radical (unpaired) electrons. The Morgan fingerprint density at radius 3 is 2.85 bits per heavy atom. The van der Waals surface area contributed by atoms with E-state index in [2.05, 4.69) is 25.2 Å². The van der Waals surface area contributed by atoms with E-state index in [0.29, 0.717) is 13.2 Å². The molecule has 0 bridgehead atoms. The van der Waals surface area contributed by atoms with Crippen LogP contribution in [0.1, 0.15) is 44.9 Å². The number of benzene rings is 1. The summed E-state index contributed by atoms with van der Waals surface area (Å²) in [6, 6.07) is 5.50. The summed E-state index contributed by atoms with van der Waals surface area (Å²) in [4.78, 5) is 12.2. The molecule has 1 heterocycles. The van der Waals surface area contributed by atoms with Gasteiger partial charge in [0.15, 0.2) is 0 Å². The standard InChI is InChI=1S/C16H23NO3/c1-5-17-13(15(18)19-6-2)12-9-7-8-11-10-16(3,4)20-14(11)12/h7-9,13,17H,5-6,10H2,1-4H3. The zero-order valence-corrected chi connectivity index (χ0v) is 12.7. The van der Waals surface area contributed by atoms with Crippen LogP contribution in [0, 0.1) is 0 Å². The molecule has 0 saturated carbocycles. The maximum Gasteiger partial charge on any atom is 0.327 e. The molecule has 4 nitrogen and oxygen atoms in total. The van der Waals surface area contributed by atoms with E-state index in [1.54, 1.807) is 0 Å². The van der Waals surface area contributed by atoms with Crippen LogP contribution in [0.5, 0.6) is 5.75 Å². The number of esters is 1. The van der Waals surface area contributed by atoms with E-state index in [4.69, 9.17) is 9.47 Å². The Labute approximate surface area is 120 Å². The van der Waals surface area contributed by atoms with Crippen molar-refractivity contribution < 1.29 is 14.3 Å². The zero-order chi connectivity index (χ0) is 14.8. The average molecular weight is 277 g/mol. The smallest absolute Gasteiger partial charge is 0.327 e. The summed E-state index contributed by atoms with van der Waals surface area (Å²) < 4.78 is 11.2. The first-order valence-corrected chi connectivity index (χ1v) is 7.19. The van der Waals surface area contributed by atoms with Crippen LogP contribution in [0.2, 0.25) is 0 Å². The van der Waals surface area contributed by atoms with Crippen molar-refractivity contribution in [1.29, 1.82) is 0 Å². The van der Waals surface area contributed by atoms with Gasteiger partial charge in [0, 0.05) is 12.0 Å². The molecule has 0 fully saturated rings. The second-order valence-corrected chi connectivity index (χ2v) is 5.62. The van der Waals surface area contributed by atoms with Crippen LogP contribution in [0.4, 0.5) is 0 Å². The fourth-order valence-electron chi connectivity index (χ4n) is 2.62. The number of hydrogen-bond acceptors (Lipinski definition) is 4. The van der Waals surface area contributed by atoms with Crippen LogP contribution in [0.15, 0.2) is 18.2 Å². The number of carbonyl (C=O) groups is 1. The molecule has 20 heavy (non-hydrogen) atoms. The Bertz CT molecular complexity index is 496. The maximum atomic E-state index is 12.2. The van der Waals surface area contributed by atoms with Gasteiger partial charge in [-0.2, -0.15) is 0 Å². The first kappa shape index (κ1) is 14.9. The fraction of sp³-hybridized carbons (Fsp3) is 0.562. The topological polar surface area (TPSA) is 47.6 Å². The normalized spacial score (nSPS) is 17.2. The third-order valence-corrected chi connectivity index (χ3v) is 3.36. The number of hydrogen-bond donors (Lipinski definition) is 1. The number of carbonyl (C=O) groups excluding carboxylic acids is 1. The van der Waals surface area contributed by atoms with Crippen molar-refractivity contribution in [3.8, 4) is 5.75 Å². The number of ether oxygens (including phenoxy) is 2. The largest absolute Gasteiger partial charge is 0.487 e. The first-order chi connectivity index (χ1) is 9.48. The molecule has 0 spiro atoms. The first-order valence-electron chi connectivity index (χ1n) is 7.19. The predicted molar refractivity (Wildman–Crippen MR) is 77.9 cm³/mol. The van der Waals surface area contributed by atoms with E-state index in [1.165, 1.54) is 0 Å². The molecule has 0 aliphatic carbocycles. The third kappa shape index (κ3) is 2.96. The predicted octanol–water partition coefficient (Wildman–Crippen LogP) is 2.61. The highest BCUT2D eigenvalue weighted by Gasteiger charge is 2.35. The summed E-state index contributed by atoms with van der Waals surface area (Å²) in [5, 5.41) is 3.19. The van der Waals surface area contributed by atoms with Crippen LogP contribution >= 0.6 is 0 Å². The van der Waals surface area contributed by atoms with E-state index in [1.807, 2.05) is 26.0 Å². The van der Waals surface area contributed by atoms with E-state index in [9.17, 15) is 4.79 Å². The third-order valence-electron chi connectivity index (χ3n) is 3.36. The zero-order valence-electron chi connectivity index (χ0n) is 12.7. The highest BCUT2D eigenvalue weighted by molar-refractivity contribution is 5.79. The van der Waals surface area contributed by atoms with Gasteiger partial charge in [0.05, 0.1) is 6.61 Å². The molecular formula is C16H23NO3. The highest BCUT2D eigenvalue weighted by atomic mass is 16.5. The van der Waals surface area contributed by atoms with E-state index in [0.717, 1.165) is 23.3 Å². The number of nitrogens with one attached hydrogen (secondary N) is 1. The number of rotatable bonds is 5. The summed E-state index contributed by atoms with van der Waals surface area (Å²) in [5.74, 6) is 0.576. The molecule has 4 heteroatoms. The van der Waals surface area contributed by atoms with Crippen LogP contribution in [-0.4, -0.2) is 24.7 Å². The van der Waals surface area contributed by atoms with Crippen molar-refractivity contribution in [1.82, 2.24) is 5.32 Å².